The van der Waals surface area contributed by atoms with E-state index in [9.17, 15) is 18.0 Å². The minimum Gasteiger partial charge on any atom is -0.378 e. The van der Waals surface area contributed by atoms with Crippen molar-refractivity contribution in [3.8, 4) is 0 Å². The standard InChI is InChI=1S/C30H35ClN6O5S/c1-33(25-8-12-34(13-9-25)26-6-10-32-11-7-26)37-28(30(39)35-14-16-42-17-15-35)20-36(21-29(37)38)43(40,41)27-5-3-22-18-24(31)4-2-23(22)19-27/h2-7,10-11,18-19,25,28H,8-9,12-17,20-21H2,1H3. The summed E-state index contributed by atoms with van der Waals surface area (Å²) in [7, 11) is -2.24. The van der Waals surface area contributed by atoms with Crippen molar-refractivity contribution in [3.05, 3.63) is 65.9 Å². The Morgan fingerprint density at radius 3 is 2.37 bits per heavy atom. The fourth-order valence-corrected chi connectivity index (χ4v) is 7.83. The number of sulfonamides is 1. The summed E-state index contributed by atoms with van der Waals surface area (Å²) in [6.45, 7) is 2.68. The van der Waals surface area contributed by atoms with E-state index in [1.807, 2.05) is 24.2 Å². The Hall–Kier alpha value is -3.29. The highest BCUT2D eigenvalue weighted by atomic mass is 35.5. The van der Waals surface area contributed by atoms with Gasteiger partial charge in [0.2, 0.25) is 15.9 Å². The van der Waals surface area contributed by atoms with E-state index in [0.29, 0.717) is 36.7 Å². The summed E-state index contributed by atoms with van der Waals surface area (Å²) in [5.41, 5.74) is 1.10. The lowest BCUT2D eigenvalue weighted by atomic mass is 10.0. The molecule has 3 aliphatic heterocycles. The molecule has 3 aromatic rings. The maximum absolute atomic E-state index is 14.0. The van der Waals surface area contributed by atoms with Crippen LogP contribution in [0.25, 0.3) is 10.8 Å². The Morgan fingerprint density at radius 1 is 0.977 bits per heavy atom. The van der Waals surface area contributed by atoms with Crippen molar-refractivity contribution in [3.63, 3.8) is 0 Å². The number of hydrogen-bond donors (Lipinski definition) is 0. The molecule has 1 unspecified atom stereocenters. The third-order valence-electron chi connectivity index (χ3n) is 8.62. The van der Waals surface area contributed by atoms with E-state index >= 15 is 0 Å². The third kappa shape index (κ3) is 6.07. The van der Waals surface area contributed by atoms with E-state index < -0.39 is 22.0 Å². The molecule has 2 amide bonds. The Kier molecular flexibility index (Phi) is 8.56. The number of benzene rings is 2. The zero-order valence-corrected chi connectivity index (χ0v) is 25.6. The quantitative estimate of drug-likeness (QED) is 0.411. The van der Waals surface area contributed by atoms with Gasteiger partial charge < -0.3 is 14.5 Å². The molecule has 2 aromatic carbocycles. The second-order valence-corrected chi connectivity index (χ2v) is 13.5. The van der Waals surface area contributed by atoms with Crippen LogP contribution < -0.4 is 4.90 Å². The first kappa shape index (κ1) is 29.8. The molecule has 0 aliphatic carbocycles. The van der Waals surface area contributed by atoms with E-state index in [0.717, 1.165) is 41.3 Å². The Balaban J connectivity index is 1.25. The van der Waals surface area contributed by atoms with Crippen LogP contribution >= 0.6 is 11.6 Å². The number of piperazine rings is 1. The van der Waals surface area contributed by atoms with Gasteiger partial charge in [0.25, 0.3) is 5.91 Å². The molecule has 3 fully saturated rings. The molecule has 0 saturated carbocycles. The summed E-state index contributed by atoms with van der Waals surface area (Å²) >= 11 is 6.11. The van der Waals surface area contributed by atoms with E-state index in [1.165, 1.54) is 11.1 Å². The average Bonchev–Trinajstić information content (AvgIpc) is 3.04. The maximum Gasteiger partial charge on any atom is 0.252 e. The van der Waals surface area contributed by atoms with Crippen molar-refractivity contribution in [2.45, 2.75) is 29.8 Å². The molecule has 0 N–H and O–H groups in total. The summed E-state index contributed by atoms with van der Waals surface area (Å²) in [5, 5.41) is 5.47. The van der Waals surface area contributed by atoms with E-state index in [2.05, 4.69) is 9.88 Å². The number of halogens is 1. The molecule has 13 heteroatoms. The summed E-state index contributed by atoms with van der Waals surface area (Å²) in [4.78, 5) is 35.9. The van der Waals surface area contributed by atoms with Gasteiger partial charge >= 0.3 is 0 Å². The minimum atomic E-state index is -4.08. The Bertz CT molecular complexity index is 1600. The third-order valence-corrected chi connectivity index (χ3v) is 10.7. The number of pyridine rings is 1. The number of morpholine rings is 1. The number of nitrogens with zero attached hydrogens (tertiary/aromatic N) is 6. The summed E-state index contributed by atoms with van der Waals surface area (Å²) < 4.78 is 34.4. The molecular formula is C30H35ClN6O5S. The summed E-state index contributed by atoms with van der Waals surface area (Å²) in [6, 6.07) is 13.0. The zero-order chi connectivity index (χ0) is 30.1. The number of carbonyl (C=O) groups excluding carboxylic acids is 2. The van der Waals surface area contributed by atoms with Gasteiger partial charge in [-0.2, -0.15) is 4.31 Å². The van der Waals surface area contributed by atoms with Gasteiger partial charge in [-0.1, -0.05) is 23.7 Å². The minimum absolute atomic E-state index is 0.0116. The molecule has 1 atom stereocenters. The maximum atomic E-state index is 14.0. The van der Waals surface area contributed by atoms with Crippen molar-refractivity contribution >= 4 is 49.9 Å². The van der Waals surface area contributed by atoms with Crippen LogP contribution in [-0.2, 0) is 24.3 Å². The molecule has 228 valence electrons. The molecule has 4 heterocycles. The number of hydrazine groups is 1. The fourth-order valence-electron chi connectivity index (χ4n) is 6.22. The number of amides is 2. The lowest BCUT2D eigenvalue weighted by Crippen LogP contribution is -2.68. The molecular weight excluding hydrogens is 592 g/mol. The fraction of sp³-hybridized carbons (Fsp3) is 0.433. The van der Waals surface area contributed by atoms with Gasteiger partial charge in [0.1, 0.15) is 6.04 Å². The van der Waals surface area contributed by atoms with Crippen LogP contribution in [0.5, 0.6) is 0 Å². The normalized spacial score (nSPS) is 21.1. The van der Waals surface area contributed by atoms with Gasteiger partial charge in [-0.05, 0) is 60.0 Å². The molecule has 0 bridgehead atoms. The topological polar surface area (TPSA) is 107 Å². The Labute approximate surface area is 256 Å². The predicted molar refractivity (Wildman–Crippen MR) is 163 cm³/mol. The predicted octanol–water partition coefficient (Wildman–Crippen LogP) is 2.46. The molecule has 3 saturated heterocycles. The Morgan fingerprint density at radius 2 is 1.65 bits per heavy atom. The first-order chi connectivity index (χ1) is 20.7. The highest BCUT2D eigenvalue weighted by Gasteiger charge is 2.46. The average molecular weight is 627 g/mol. The number of carbonyl (C=O) groups is 2. The molecule has 11 nitrogen and oxygen atoms in total. The number of piperidine rings is 1. The first-order valence-electron chi connectivity index (χ1n) is 14.5. The van der Waals surface area contributed by atoms with E-state index in [1.54, 1.807) is 47.6 Å². The van der Waals surface area contributed by atoms with Gasteiger partial charge in [0, 0.05) is 68.9 Å². The number of ether oxygens (including phenoxy) is 1. The monoisotopic (exact) mass is 626 g/mol. The largest absolute Gasteiger partial charge is 0.378 e. The number of hydrogen-bond acceptors (Lipinski definition) is 8. The molecule has 0 spiro atoms. The van der Waals surface area contributed by atoms with Crippen LogP contribution in [0, 0.1) is 0 Å². The molecule has 0 radical (unpaired) electrons. The van der Waals surface area contributed by atoms with Crippen molar-refractivity contribution in [1.82, 2.24) is 24.2 Å². The van der Waals surface area contributed by atoms with Gasteiger partial charge in [-0.3, -0.25) is 19.6 Å². The van der Waals surface area contributed by atoms with Crippen molar-refractivity contribution in [1.29, 1.82) is 0 Å². The molecule has 43 heavy (non-hydrogen) atoms. The number of aromatic nitrogens is 1. The van der Waals surface area contributed by atoms with Gasteiger partial charge in [-0.25, -0.2) is 13.4 Å². The second kappa shape index (κ2) is 12.4. The first-order valence-corrected chi connectivity index (χ1v) is 16.3. The van der Waals surface area contributed by atoms with Gasteiger partial charge in [0.05, 0.1) is 24.7 Å². The van der Waals surface area contributed by atoms with Crippen molar-refractivity contribution in [2.24, 2.45) is 0 Å². The smallest absolute Gasteiger partial charge is 0.252 e. The number of rotatable bonds is 6. The van der Waals surface area contributed by atoms with E-state index in [-0.39, 0.29) is 29.9 Å². The summed E-state index contributed by atoms with van der Waals surface area (Å²) in [5.74, 6) is -0.696. The van der Waals surface area contributed by atoms with Crippen LogP contribution in [0.4, 0.5) is 5.69 Å². The zero-order valence-electron chi connectivity index (χ0n) is 24.0. The second-order valence-electron chi connectivity index (χ2n) is 11.1. The van der Waals surface area contributed by atoms with Crippen LogP contribution in [-0.4, -0.2) is 116 Å². The van der Waals surface area contributed by atoms with Crippen LogP contribution in [0.1, 0.15) is 12.8 Å². The lowest BCUT2D eigenvalue weighted by Gasteiger charge is -2.49. The molecule has 3 aliphatic rings. The number of anilines is 1. The van der Waals surface area contributed by atoms with Crippen LogP contribution in [0.3, 0.4) is 0 Å². The highest BCUT2D eigenvalue weighted by Crippen LogP contribution is 2.29. The number of fused-ring (bicyclic) bond motifs is 1. The van der Waals surface area contributed by atoms with Gasteiger partial charge in [-0.15, -0.1) is 0 Å². The summed E-state index contributed by atoms with van der Waals surface area (Å²) in [6.07, 6.45) is 5.11. The SMILES string of the molecule is CN(C1CCN(c2ccncc2)CC1)N1C(=O)CN(S(=O)(=O)c2ccc3cc(Cl)ccc3c2)CC1C(=O)N1CCOCC1. The lowest BCUT2D eigenvalue weighted by molar-refractivity contribution is -0.175. The van der Waals surface area contributed by atoms with Crippen LogP contribution in [0.2, 0.25) is 5.02 Å². The van der Waals surface area contributed by atoms with Crippen molar-refractivity contribution in [2.75, 3.05) is 64.4 Å². The van der Waals surface area contributed by atoms with Gasteiger partial charge in [0.15, 0.2) is 0 Å². The molecule has 6 rings (SSSR count). The van der Waals surface area contributed by atoms with E-state index in [4.69, 9.17) is 16.3 Å². The van der Waals surface area contributed by atoms with Crippen molar-refractivity contribution < 1.29 is 22.7 Å². The van der Waals surface area contributed by atoms with Crippen LogP contribution in [0.15, 0.2) is 65.8 Å². The molecule has 1 aromatic heterocycles. The highest BCUT2D eigenvalue weighted by molar-refractivity contribution is 7.89.